The Morgan fingerprint density at radius 2 is 1.82 bits per heavy atom. The summed E-state index contributed by atoms with van der Waals surface area (Å²) in [5.41, 5.74) is 0.292. The number of carbonyl (C=O) groups is 2. The van der Waals surface area contributed by atoms with Crippen molar-refractivity contribution in [2.45, 2.75) is 63.5 Å². The van der Waals surface area contributed by atoms with E-state index < -0.39 is 27.9 Å². The highest BCUT2D eigenvalue weighted by Crippen LogP contribution is 2.24. The number of para-hydroxylation sites is 1. The van der Waals surface area contributed by atoms with Crippen LogP contribution >= 0.6 is 0 Å². The van der Waals surface area contributed by atoms with Gasteiger partial charge >= 0.3 is 5.97 Å². The lowest BCUT2D eigenvalue weighted by Crippen LogP contribution is -2.46. The minimum Gasteiger partial charge on any atom is -0.449 e. The lowest BCUT2D eigenvalue weighted by atomic mass is 9.86. The highest BCUT2D eigenvalue weighted by Gasteiger charge is 2.27. The molecule has 1 saturated carbocycles. The number of sulfonamides is 1. The lowest BCUT2D eigenvalue weighted by Gasteiger charge is -2.30. The van der Waals surface area contributed by atoms with Gasteiger partial charge in [-0.3, -0.25) is 9.52 Å². The van der Waals surface area contributed by atoms with Gasteiger partial charge in [0.05, 0.1) is 16.1 Å². The van der Waals surface area contributed by atoms with E-state index in [-0.39, 0.29) is 28.1 Å². The van der Waals surface area contributed by atoms with Crippen molar-refractivity contribution in [3.8, 4) is 0 Å². The van der Waals surface area contributed by atoms with Crippen LogP contribution in [0.25, 0.3) is 0 Å². The zero-order valence-corrected chi connectivity index (χ0v) is 19.7. The minimum absolute atomic E-state index is 0.0112. The highest BCUT2D eigenvalue weighted by molar-refractivity contribution is 7.92. The van der Waals surface area contributed by atoms with Crippen molar-refractivity contribution in [2.75, 3.05) is 4.72 Å². The number of nitrogens with one attached hydrogen (secondary N) is 2. The van der Waals surface area contributed by atoms with Crippen molar-refractivity contribution in [3.05, 3.63) is 59.4 Å². The molecule has 0 saturated heterocycles. The van der Waals surface area contributed by atoms with Crippen LogP contribution in [0.15, 0.2) is 47.4 Å². The Bertz CT molecular complexity index is 1140. The molecule has 2 aromatic rings. The molecule has 1 amide bonds. The quantitative estimate of drug-likeness (QED) is 0.584. The largest absolute Gasteiger partial charge is 0.449 e. The topological polar surface area (TPSA) is 102 Å². The van der Waals surface area contributed by atoms with Crippen LogP contribution in [0.5, 0.6) is 0 Å². The Labute approximate surface area is 193 Å². The number of hydrogen-bond donors (Lipinski definition) is 2. The number of esters is 1. The first-order valence-corrected chi connectivity index (χ1v) is 12.5. The molecule has 0 spiro atoms. The number of halogens is 1. The van der Waals surface area contributed by atoms with Gasteiger partial charge in [-0.2, -0.15) is 0 Å². The van der Waals surface area contributed by atoms with Crippen LogP contribution in [0.1, 0.15) is 55.5 Å². The number of anilines is 1. The van der Waals surface area contributed by atoms with Crippen LogP contribution in [0, 0.1) is 18.7 Å². The smallest absolute Gasteiger partial charge is 0.339 e. The number of rotatable bonds is 7. The van der Waals surface area contributed by atoms with E-state index in [0.717, 1.165) is 37.8 Å². The SMILES string of the molecule is Cc1ccc(S(=O)(=O)Nc2ccccc2F)cc1C(=O)O[C@@H](C)C(=O)N[C@@H]1CCCC[C@@H]1C. The second-order valence-corrected chi connectivity index (χ2v) is 10.2. The molecule has 1 aliphatic rings. The minimum atomic E-state index is -4.16. The van der Waals surface area contributed by atoms with E-state index >= 15 is 0 Å². The Morgan fingerprint density at radius 1 is 1.12 bits per heavy atom. The number of benzene rings is 2. The first kappa shape index (κ1) is 24.7. The van der Waals surface area contributed by atoms with E-state index in [1.165, 1.54) is 37.3 Å². The summed E-state index contributed by atoms with van der Waals surface area (Å²) in [6, 6.07) is 9.36. The maximum absolute atomic E-state index is 13.9. The fraction of sp³-hybridized carbons (Fsp3) is 0.417. The van der Waals surface area contributed by atoms with Crippen LogP contribution in [-0.2, 0) is 19.6 Å². The van der Waals surface area contributed by atoms with Gasteiger partial charge in [-0.25, -0.2) is 17.6 Å². The molecular formula is C24H29FN2O5S. The molecule has 0 radical (unpaired) electrons. The second-order valence-electron chi connectivity index (χ2n) is 8.49. The number of aryl methyl sites for hydroxylation is 1. The Kier molecular flexibility index (Phi) is 7.73. The van der Waals surface area contributed by atoms with Crippen LogP contribution in [-0.4, -0.2) is 32.4 Å². The maximum atomic E-state index is 13.9. The summed E-state index contributed by atoms with van der Waals surface area (Å²) in [6.45, 7) is 5.20. The molecule has 0 bridgehead atoms. The molecule has 1 aliphatic carbocycles. The summed E-state index contributed by atoms with van der Waals surface area (Å²) in [5, 5.41) is 2.95. The summed E-state index contributed by atoms with van der Waals surface area (Å²) in [5.74, 6) is -1.56. The van der Waals surface area contributed by atoms with E-state index in [2.05, 4.69) is 17.0 Å². The molecule has 0 aromatic heterocycles. The predicted octanol–water partition coefficient (Wildman–Crippen LogP) is 4.18. The molecule has 7 nitrogen and oxygen atoms in total. The fourth-order valence-corrected chi connectivity index (χ4v) is 4.94. The molecule has 9 heteroatoms. The lowest BCUT2D eigenvalue weighted by molar-refractivity contribution is -0.130. The summed E-state index contributed by atoms with van der Waals surface area (Å²) < 4.78 is 46.8. The van der Waals surface area contributed by atoms with Gasteiger partial charge in [0, 0.05) is 6.04 Å². The monoisotopic (exact) mass is 476 g/mol. The van der Waals surface area contributed by atoms with E-state index in [4.69, 9.17) is 4.74 Å². The fourth-order valence-electron chi connectivity index (χ4n) is 3.84. The van der Waals surface area contributed by atoms with Gasteiger partial charge in [0.15, 0.2) is 6.10 Å². The summed E-state index contributed by atoms with van der Waals surface area (Å²) in [7, 11) is -4.16. The van der Waals surface area contributed by atoms with Crippen molar-refractivity contribution >= 4 is 27.6 Å². The molecule has 0 heterocycles. The van der Waals surface area contributed by atoms with E-state index in [1.54, 1.807) is 6.92 Å². The van der Waals surface area contributed by atoms with Gasteiger partial charge < -0.3 is 10.1 Å². The van der Waals surface area contributed by atoms with Crippen molar-refractivity contribution in [3.63, 3.8) is 0 Å². The average Bonchev–Trinajstić information content (AvgIpc) is 2.76. The number of amides is 1. The van der Waals surface area contributed by atoms with E-state index in [9.17, 15) is 22.4 Å². The predicted molar refractivity (Wildman–Crippen MR) is 123 cm³/mol. The molecule has 2 aromatic carbocycles. The van der Waals surface area contributed by atoms with Crippen LogP contribution in [0.3, 0.4) is 0 Å². The van der Waals surface area contributed by atoms with Gasteiger partial charge in [0.25, 0.3) is 15.9 Å². The molecule has 3 rings (SSSR count). The van der Waals surface area contributed by atoms with Gasteiger partial charge in [0.2, 0.25) is 0 Å². The Morgan fingerprint density at radius 3 is 2.52 bits per heavy atom. The molecular weight excluding hydrogens is 447 g/mol. The Balaban J connectivity index is 1.72. The standard InChI is InChI=1S/C24H29FN2O5S/c1-15-12-13-18(33(30,31)27-22-11-7-5-9-20(22)25)14-19(15)24(29)32-17(3)23(28)26-21-10-6-4-8-16(21)2/h5,7,9,11-14,16-17,21,27H,4,6,8,10H2,1-3H3,(H,26,28)/t16-,17-,21+/m0/s1. The third kappa shape index (κ3) is 6.10. The molecule has 0 aliphatic heterocycles. The van der Waals surface area contributed by atoms with Crippen LogP contribution in [0.2, 0.25) is 0 Å². The van der Waals surface area contributed by atoms with E-state index in [0.29, 0.717) is 11.5 Å². The summed E-state index contributed by atoms with van der Waals surface area (Å²) in [6.07, 6.45) is 3.08. The third-order valence-electron chi connectivity index (χ3n) is 5.95. The first-order valence-electron chi connectivity index (χ1n) is 11.0. The molecule has 0 unspecified atom stereocenters. The first-order chi connectivity index (χ1) is 15.6. The van der Waals surface area contributed by atoms with Crippen molar-refractivity contribution in [1.82, 2.24) is 5.32 Å². The van der Waals surface area contributed by atoms with Crippen LogP contribution in [0.4, 0.5) is 10.1 Å². The number of hydrogen-bond acceptors (Lipinski definition) is 5. The maximum Gasteiger partial charge on any atom is 0.339 e. The zero-order chi connectivity index (χ0) is 24.2. The third-order valence-corrected chi connectivity index (χ3v) is 7.31. The molecule has 1 fully saturated rings. The zero-order valence-electron chi connectivity index (χ0n) is 18.9. The van der Waals surface area contributed by atoms with Gasteiger partial charge in [0.1, 0.15) is 5.82 Å². The van der Waals surface area contributed by atoms with Crippen molar-refractivity contribution in [1.29, 1.82) is 0 Å². The molecule has 2 N–H and O–H groups in total. The van der Waals surface area contributed by atoms with Gasteiger partial charge in [-0.05, 0) is 62.4 Å². The van der Waals surface area contributed by atoms with Gasteiger partial charge in [-0.15, -0.1) is 0 Å². The molecule has 33 heavy (non-hydrogen) atoms. The molecule has 3 atom stereocenters. The Hall–Kier alpha value is -2.94. The van der Waals surface area contributed by atoms with Crippen LogP contribution < -0.4 is 10.0 Å². The normalized spacial score (nSPS) is 19.4. The van der Waals surface area contributed by atoms with Gasteiger partial charge in [-0.1, -0.05) is 38.0 Å². The highest BCUT2D eigenvalue weighted by atomic mass is 32.2. The van der Waals surface area contributed by atoms with Crippen molar-refractivity contribution in [2.24, 2.45) is 5.92 Å². The van der Waals surface area contributed by atoms with E-state index in [1.807, 2.05) is 0 Å². The average molecular weight is 477 g/mol. The summed E-state index contributed by atoms with van der Waals surface area (Å²) in [4.78, 5) is 25.1. The summed E-state index contributed by atoms with van der Waals surface area (Å²) >= 11 is 0. The van der Waals surface area contributed by atoms with Crippen molar-refractivity contribution < 1.29 is 27.1 Å². The number of ether oxygens (including phenoxy) is 1. The second kappa shape index (κ2) is 10.3. The molecule has 178 valence electrons. The number of carbonyl (C=O) groups excluding carboxylic acids is 2.